The van der Waals surface area contributed by atoms with Crippen LogP contribution < -0.4 is 10.2 Å². The number of pyridine rings is 3. The molecule has 1 N–H and O–H groups in total. The lowest BCUT2D eigenvalue weighted by Gasteiger charge is -2.36. The van der Waals surface area contributed by atoms with E-state index in [1.54, 1.807) is 4.90 Å². The van der Waals surface area contributed by atoms with Gasteiger partial charge in [-0.15, -0.1) is 0 Å². The monoisotopic (exact) mass is 502 g/mol. The first-order valence-electron chi connectivity index (χ1n) is 13.5. The number of anilines is 2. The Morgan fingerprint density at radius 3 is 2.59 bits per heavy atom. The van der Waals surface area contributed by atoms with Gasteiger partial charge in [0.05, 0.1) is 5.69 Å². The molecule has 8 heteroatoms. The molecule has 2 unspecified atom stereocenters. The van der Waals surface area contributed by atoms with Crippen molar-refractivity contribution in [2.75, 3.05) is 36.4 Å². The zero-order chi connectivity index (χ0) is 26.0. The molecule has 0 radical (unpaired) electrons. The molecule has 1 saturated heterocycles. The Hall–Kier alpha value is -3.42. The van der Waals surface area contributed by atoms with Crippen molar-refractivity contribution in [2.45, 2.75) is 65.0 Å². The molecule has 2 fully saturated rings. The summed E-state index contributed by atoms with van der Waals surface area (Å²) in [4.78, 5) is 30.7. The van der Waals surface area contributed by atoms with Gasteiger partial charge in [0.1, 0.15) is 17.2 Å². The van der Waals surface area contributed by atoms with Gasteiger partial charge in [-0.05, 0) is 63.8 Å². The number of aromatic nitrogens is 3. The van der Waals surface area contributed by atoms with Crippen molar-refractivity contribution in [2.24, 2.45) is 5.92 Å². The Balaban J connectivity index is 1.39. The third-order valence-corrected chi connectivity index (χ3v) is 7.34. The summed E-state index contributed by atoms with van der Waals surface area (Å²) in [5.41, 5.74) is 1.42. The lowest BCUT2D eigenvalue weighted by molar-refractivity contribution is 0.0240. The van der Waals surface area contributed by atoms with Gasteiger partial charge in [0.2, 0.25) is 0 Å². The molecule has 1 aliphatic carbocycles. The Labute approximate surface area is 219 Å². The molecule has 3 aromatic rings. The van der Waals surface area contributed by atoms with E-state index in [0.717, 1.165) is 33.7 Å². The molecule has 0 spiro atoms. The number of ether oxygens (including phenoxy) is 1. The van der Waals surface area contributed by atoms with Crippen molar-refractivity contribution in [3.63, 3.8) is 0 Å². The number of carbonyl (C=O) groups excluding carboxylic acids is 1. The summed E-state index contributed by atoms with van der Waals surface area (Å²) in [5.74, 6) is 2.47. The molecule has 3 aromatic heterocycles. The van der Waals surface area contributed by atoms with Gasteiger partial charge in [-0.2, -0.15) is 0 Å². The van der Waals surface area contributed by atoms with Crippen LogP contribution in [0.3, 0.4) is 0 Å². The molecule has 37 heavy (non-hydrogen) atoms. The van der Waals surface area contributed by atoms with Gasteiger partial charge in [0.25, 0.3) is 0 Å². The standard InChI is InChI=1S/C29H38N6O2/c1-20-7-5-6-8-24(20)32-26-18-21(9-12-31-26)25-17-22-19-30-11-10-23(22)27(33-25)34-13-15-35(16-14-34)28(36)37-29(2,3)4/h9-12,17-20,24H,5-8,13-16H2,1-4H3,(H,31,32). The number of rotatable bonds is 4. The Morgan fingerprint density at radius 1 is 1.05 bits per heavy atom. The fraction of sp³-hybridized carbons (Fsp3) is 0.517. The van der Waals surface area contributed by atoms with E-state index in [-0.39, 0.29) is 6.09 Å². The van der Waals surface area contributed by atoms with Crippen molar-refractivity contribution in [1.29, 1.82) is 0 Å². The molecular formula is C29H38N6O2. The fourth-order valence-electron chi connectivity index (χ4n) is 5.28. The van der Waals surface area contributed by atoms with Crippen LogP contribution in [0, 0.1) is 5.92 Å². The number of hydrogen-bond acceptors (Lipinski definition) is 7. The van der Waals surface area contributed by atoms with Crippen LogP contribution in [0.25, 0.3) is 22.0 Å². The second-order valence-corrected chi connectivity index (χ2v) is 11.3. The Kier molecular flexibility index (Phi) is 7.17. The minimum absolute atomic E-state index is 0.257. The van der Waals surface area contributed by atoms with Gasteiger partial charge >= 0.3 is 6.09 Å². The number of nitrogens with one attached hydrogen (secondary N) is 1. The first-order chi connectivity index (χ1) is 17.8. The molecular weight excluding hydrogens is 464 g/mol. The first kappa shape index (κ1) is 25.2. The molecule has 1 saturated carbocycles. The molecule has 1 amide bonds. The summed E-state index contributed by atoms with van der Waals surface area (Å²) in [5, 5.41) is 5.78. The predicted molar refractivity (Wildman–Crippen MR) is 148 cm³/mol. The first-order valence-corrected chi connectivity index (χ1v) is 13.5. The average Bonchev–Trinajstić information content (AvgIpc) is 2.89. The average molecular weight is 503 g/mol. The van der Waals surface area contributed by atoms with E-state index in [1.807, 2.05) is 51.5 Å². The van der Waals surface area contributed by atoms with E-state index < -0.39 is 5.60 Å². The topological polar surface area (TPSA) is 83.5 Å². The van der Waals surface area contributed by atoms with Crippen molar-refractivity contribution in [3.8, 4) is 11.3 Å². The minimum atomic E-state index is -0.499. The molecule has 196 valence electrons. The van der Waals surface area contributed by atoms with Crippen LogP contribution in [0.2, 0.25) is 0 Å². The number of fused-ring (bicyclic) bond motifs is 1. The third kappa shape index (κ3) is 5.95. The second kappa shape index (κ2) is 10.5. The SMILES string of the molecule is CC1CCCCC1Nc1cc(-c2cc3cnccc3c(N3CCN(C(=O)OC(C)(C)C)CC3)n2)ccn1. The largest absolute Gasteiger partial charge is 0.444 e. The number of hydrogen-bond donors (Lipinski definition) is 1. The quantitative estimate of drug-likeness (QED) is 0.487. The number of carbonyl (C=O) groups is 1. The van der Waals surface area contributed by atoms with Gasteiger partial charge in [-0.1, -0.05) is 19.8 Å². The molecule has 5 rings (SSSR count). The third-order valence-electron chi connectivity index (χ3n) is 7.34. The van der Waals surface area contributed by atoms with Crippen molar-refractivity contribution in [1.82, 2.24) is 19.9 Å². The van der Waals surface area contributed by atoms with Crippen LogP contribution in [-0.2, 0) is 4.74 Å². The van der Waals surface area contributed by atoms with E-state index in [1.165, 1.54) is 25.7 Å². The number of piperazine rings is 1. The van der Waals surface area contributed by atoms with E-state index in [2.05, 4.69) is 39.2 Å². The molecule has 0 aromatic carbocycles. The second-order valence-electron chi connectivity index (χ2n) is 11.3. The summed E-state index contributed by atoms with van der Waals surface area (Å²) in [7, 11) is 0. The van der Waals surface area contributed by atoms with Crippen molar-refractivity contribution >= 4 is 28.5 Å². The van der Waals surface area contributed by atoms with Gasteiger partial charge in [0, 0.05) is 67.1 Å². The highest BCUT2D eigenvalue weighted by atomic mass is 16.6. The molecule has 8 nitrogen and oxygen atoms in total. The Morgan fingerprint density at radius 2 is 1.84 bits per heavy atom. The van der Waals surface area contributed by atoms with Crippen LogP contribution in [0.4, 0.5) is 16.4 Å². The summed E-state index contributed by atoms with van der Waals surface area (Å²) in [6.07, 6.45) is 10.3. The zero-order valence-corrected chi connectivity index (χ0v) is 22.4. The van der Waals surface area contributed by atoms with Gasteiger partial charge in [-0.25, -0.2) is 14.8 Å². The highest BCUT2D eigenvalue weighted by Gasteiger charge is 2.27. The zero-order valence-electron chi connectivity index (χ0n) is 22.4. The van der Waals surface area contributed by atoms with E-state index >= 15 is 0 Å². The normalized spacial score (nSPS) is 20.6. The lowest BCUT2D eigenvalue weighted by Crippen LogP contribution is -2.50. The van der Waals surface area contributed by atoms with Crippen LogP contribution >= 0.6 is 0 Å². The maximum Gasteiger partial charge on any atom is 0.410 e. The number of amides is 1. The summed E-state index contributed by atoms with van der Waals surface area (Å²) in [6.45, 7) is 10.6. The molecule has 4 heterocycles. The molecule has 0 bridgehead atoms. The van der Waals surface area contributed by atoms with Crippen LogP contribution in [0.15, 0.2) is 42.9 Å². The molecule has 1 aliphatic heterocycles. The molecule has 2 atom stereocenters. The highest BCUT2D eigenvalue weighted by molar-refractivity contribution is 5.94. The highest BCUT2D eigenvalue weighted by Crippen LogP contribution is 2.32. The Bertz CT molecular complexity index is 1250. The van der Waals surface area contributed by atoms with Crippen LogP contribution in [0.5, 0.6) is 0 Å². The number of nitrogens with zero attached hydrogens (tertiary/aromatic N) is 5. The summed E-state index contributed by atoms with van der Waals surface area (Å²) < 4.78 is 5.57. The van der Waals surface area contributed by atoms with Crippen LogP contribution in [0.1, 0.15) is 53.4 Å². The molecule has 2 aliphatic rings. The minimum Gasteiger partial charge on any atom is -0.444 e. The fourth-order valence-corrected chi connectivity index (χ4v) is 5.28. The van der Waals surface area contributed by atoms with Crippen molar-refractivity contribution in [3.05, 3.63) is 42.9 Å². The van der Waals surface area contributed by atoms with Gasteiger partial charge in [0.15, 0.2) is 0 Å². The van der Waals surface area contributed by atoms with Crippen molar-refractivity contribution < 1.29 is 9.53 Å². The maximum absolute atomic E-state index is 12.6. The van der Waals surface area contributed by atoms with Crippen LogP contribution in [-0.4, -0.2) is 63.8 Å². The smallest absolute Gasteiger partial charge is 0.410 e. The maximum atomic E-state index is 12.6. The van der Waals surface area contributed by atoms with Gasteiger partial charge in [-0.3, -0.25) is 4.98 Å². The predicted octanol–water partition coefficient (Wildman–Crippen LogP) is 5.74. The summed E-state index contributed by atoms with van der Waals surface area (Å²) in [6, 6.07) is 8.71. The summed E-state index contributed by atoms with van der Waals surface area (Å²) >= 11 is 0. The van der Waals surface area contributed by atoms with Gasteiger partial charge < -0.3 is 19.9 Å². The van der Waals surface area contributed by atoms with E-state index in [4.69, 9.17) is 9.72 Å². The van der Waals surface area contributed by atoms with E-state index in [9.17, 15) is 4.79 Å². The van der Waals surface area contributed by atoms with E-state index in [0.29, 0.717) is 38.1 Å². The lowest BCUT2D eigenvalue weighted by atomic mass is 9.86.